The Balaban J connectivity index is 1.85. The minimum atomic E-state index is -0.155. The van der Waals surface area contributed by atoms with Crippen molar-refractivity contribution in [3.05, 3.63) is 47.8 Å². The number of aromatic nitrogens is 3. The fraction of sp³-hybridized carbons (Fsp3) is 0.389. The monoisotopic (exact) mass is 391 g/mol. The third kappa shape index (κ3) is 4.08. The lowest BCUT2D eigenvalue weighted by atomic mass is 10.2. The Morgan fingerprint density at radius 2 is 2.27 bits per heavy atom. The van der Waals surface area contributed by atoms with Gasteiger partial charge >= 0.3 is 5.97 Å². The molecule has 0 saturated carbocycles. The molecule has 6 nitrogen and oxygen atoms in total. The van der Waals surface area contributed by atoms with E-state index in [0.29, 0.717) is 24.5 Å². The number of nitrogens with zero attached hydrogens (tertiary/aromatic N) is 3. The van der Waals surface area contributed by atoms with E-state index in [0.717, 1.165) is 23.7 Å². The summed E-state index contributed by atoms with van der Waals surface area (Å²) in [7, 11) is 1.44. The highest BCUT2D eigenvalue weighted by Crippen LogP contribution is 2.18. The van der Waals surface area contributed by atoms with Crippen molar-refractivity contribution in [1.29, 1.82) is 0 Å². The van der Waals surface area contributed by atoms with Gasteiger partial charge in [0.25, 0.3) is 0 Å². The van der Waals surface area contributed by atoms with Crippen LogP contribution >= 0.6 is 24.0 Å². The van der Waals surface area contributed by atoms with E-state index < -0.39 is 0 Å². The van der Waals surface area contributed by atoms with Crippen LogP contribution < -0.4 is 4.90 Å². The normalized spacial score (nSPS) is 19.9. The molecule has 1 aromatic heterocycles. The number of hydrogen-bond acceptors (Lipinski definition) is 5. The lowest BCUT2D eigenvalue weighted by Gasteiger charge is -2.27. The van der Waals surface area contributed by atoms with Crippen molar-refractivity contribution in [3.63, 3.8) is 0 Å². The molecule has 2 atom stereocenters. The van der Waals surface area contributed by atoms with Crippen LogP contribution in [0.15, 0.2) is 43.0 Å². The quantitative estimate of drug-likeness (QED) is 0.458. The van der Waals surface area contributed by atoms with Crippen LogP contribution in [0.2, 0.25) is 0 Å². The number of hydrogen-bond donors (Lipinski definition) is 1. The van der Waals surface area contributed by atoms with E-state index >= 15 is 0 Å². The molecule has 0 spiro atoms. The van der Waals surface area contributed by atoms with Crippen LogP contribution in [0.25, 0.3) is 11.4 Å². The standard InChI is InChI=1S/C18H22N4O2S2/c1-3-9-21-16(14-7-5-4-6-8-14)19-22(18(21)25)13-20-10-11-26-15(12-20)17(23)24-2/h3-8,15H,1,9-13H2,2H3/p+1/t15-/m0/s1. The third-order valence-electron chi connectivity index (χ3n) is 4.35. The maximum Gasteiger partial charge on any atom is 0.324 e. The molecule has 26 heavy (non-hydrogen) atoms. The zero-order valence-electron chi connectivity index (χ0n) is 14.8. The minimum absolute atomic E-state index is 0.123. The molecule has 1 aliphatic rings. The summed E-state index contributed by atoms with van der Waals surface area (Å²) in [6.45, 7) is 6.76. The maximum atomic E-state index is 11.8. The molecule has 1 fully saturated rings. The van der Waals surface area contributed by atoms with E-state index in [9.17, 15) is 4.79 Å². The molecule has 0 bridgehead atoms. The molecule has 1 aliphatic heterocycles. The molecule has 2 aromatic rings. The van der Waals surface area contributed by atoms with Gasteiger partial charge in [-0.3, -0.25) is 9.36 Å². The highest BCUT2D eigenvalue weighted by atomic mass is 32.2. The predicted octanol–water partition coefficient (Wildman–Crippen LogP) is 1.40. The van der Waals surface area contributed by atoms with Crippen LogP contribution in [-0.2, 0) is 22.7 Å². The van der Waals surface area contributed by atoms with Crippen LogP contribution in [0, 0.1) is 4.77 Å². The summed E-state index contributed by atoms with van der Waals surface area (Å²) in [6, 6.07) is 10.0. The van der Waals surface area contributed by atoms with Gasteiger partial charge in [-0.1, -0.05) is 36.4 Å². The minimum Gasteiger partial charge on any atom is -0.468 e. The Morgan fingerprint density at radius 3 is 2.96 bits per heavy atom. The molecule has 0 radical (unpaired) electrons. The fourth-order valence-corrected chi connectivity index (χ4v) is 4.59. The molecule has 1 unspecified atom stereocenters. The van der Waals surface area contributed by atoms with Crippen molar-refractivity contribution in [1.82, 2.24) is 14.3 Å². The second kappa shape index (κ2) is 8.66. The smallest absolute Gasteiger partial charge is 0.324 e. The Morgan fingerprint density at radius 1 is 1.50 bits per heavy atom. The highest BCUT2D eigenvalue weighted by molar-refractivity contribution is 8.00. The first-order valence-corrected chi connectivity index (χ1v) is 9.96. The summed E-state index contributed by atoms with van der Waals surface area (Å²) < 4.78 is 9.42. The van der Waals surface area contributed by atoms with Gasteiger partial charge in [0.15, 0.2) is 17.7 Å². The van der Waals surface area contributed by atoms with E-state index in [1.165, 1.54) is 12.0 Å². The summed E-state index contributed by atoms with van der Waals surface area (Å²) in [5, 5.41) is 4.64. The SMILES string of the molecule is C=CCn1c(-c2ccccc2)nn(C[NH+]2CCS[C@H](C(=O)OC)C2)c1=S. The van der Waals surface area contributed by atoms with Crippen molar-refractivity contribution in [2.75, 3.05) is 26.0 Å². The fourth-order valence-electron chi connectivity index (χ4n) is 3.05. The molecule has 1 aromatic carbocycles. The molecule has 8 heteroatoms. The topological polar surface area (TPSA) is 53.5 Å². The average Bonchev–Trinajstić information content (AvgIpc) is 2.98. The summed E-state index contributed by atoms with van der Waals surface area (Å²) in [5.74, 6) is 1.60. The number of benzene rings is 1. The number of quaternary nitrogens is 1. The van der Waals surface area contributed by atoms with E-state index in [4.69, 9.17) is 22.1 Å². The van der Waals surface area contributed by atoms with Crippen molar-refractivity contribution >= 4 is 29.9 Å². The first kappa shape index (κ1) is 18.9. The Labute approximate surface area is 162 Å². The van der Waals surface area contributed by atoms with Gasteiger partial charge in [-0.15, -0.1) is 23.4 Å². The van der Waals surface area contributed by atoms with Gasteiger partial charge in [-0.25, -0.2) is 0 Å². The van der Waals surface area contributed by atoms with Gasteiger partial charge in [-0.05, 0) is 12.2 Å². The van der Waals surface area contributed by atoms with Gasteiger partial charge in [-0.2, -0.15) is 4.68 Å². The van der Waals surface area contributed by atoms with E-state index in [-0.39, 0.29) is 11.2 Å². The molecule has 0 amide bonds. The van der Waals surface area contributed by atoms with Gasteiger partial charge in [0.2, 0.25) is 4.77 Å². The van der Waals surface area contributed by atoms with E-state index in [1.54, 1.807) is 11.8 Å². The molecule has 1 N–H and O–H groups in total. The molecule has 138 valence electrons. The third-order valence-corrected chi connectivity index (χ3v) is 5.99. The van der Waals surface area contributed by atoms with E-state index in [1.807, 2.05) is 45.7 Å². The summed E-state index contributed by atoms with van der Waals surface area (Å²) in [4.78, 5) is 13.1. The van der Waals surface area contributed by atoms with Crippen molar-refractivity contribution in [2.45, 2.75) is 18.5 Å². The van der Waals surface area contributed by atoms with Crippen LogP contribution in [0.3, 0.4) is 0 Å². The number of esters is 1. The molecule has 0 aliphatic carbocycles. The molecule has 1 saturated heterocycles. The van der Waals surface area contributed by atoms with Crippen LogP contribution in [0.4, 0.5) is 0 Å². The second-order valence-corrected chi connectivity index (χ2v) is 7.79. The summed E-state index contributed by atoms with van der Waals surface area (Å²) >= 11 is 7.31. The van der Waals surface area contributed by atoms with Crippen molar-refractivity contribution < 1.29 is 14.4 Å². The van der Waals surface area contributed by atoms with Gasteiger partial charge in [0.1, 0.15) is 6.54 Å². The van der Waals surface area contributed by atoms with Crippen LogP contribution in [-0.4, -0.2) is 51.5 Å². The highest BCUT2D eigenvalue weighted by Gasteiger charge is 2.30. The van der Waals surface area contributed by atoms with Crippen LogP contribution in [0.1, 0.15) is 0 Å². The molecule has 3 rings (SSSR count). The number of rotatable bonds is 6. The number of allylic oxidation sites excluding steroid dienone is 1. The first-order chi connectivity index (χ1) is 12.6. The maximum absolute atomic E-state index is 11.8. The van der Waals surface area contributed by atoms with Gasteiger partial charge in [0, 0.05) is 17.9 Å². The van der Waals surface area contributed by atoms with Crippen molar-refractivity contribution in [3.8, 4) is 11.4 Å². The second-order valence-electron chi connectivity index (χ2n) is 6.12. The number of carbonyl (C=O) groups is 1. The number of carbonyl (C=O) groups excluding carboxylic acids is 1. The van der Waals surface area contributed by atoms with Gasteiger partial charge in [0.05, 0.1) is 13.7 Å². The predicted molar refractivity (Wildman–Crippen MR) is 106 cm³/mol. The summed E-state index contributed by atoms with van der Waals surface area (Å²) in [5.41, 5.74) is 1.02. The number of nitrogens with one attached hydrogen (secondary N) is 1. The van der Waals surface area contributed by atoms with Crippen molar-refractivity contribution in [2.24, 2.45) is 0 Å². The molecular formula is C18H23N4O2S2+. The van der Waals surface area contributed by atoms with Crippen LogP contribution in [0.5, 0.6) is 0 Å². The lowest BCUT2D eigenvalue weighted by molar-refractivity contribution is -0.921. The number of thioether (sulfide) groups is 1. The zero-order chi connectivity index (χ0) is 18.5. The molecule has 2 heterocycles. The van der Waals surface area contributed by atoms with E-state index in [2.05, 4.69) is 6.58 Å². The average molecular weight is 392 g/mol. The Kier molecular flexibility index (Phi) is 6.29. The first-order valence-electron chi connectivity index (χ1n) is 8.51. The zero-order valence-corrected chi connectivity index (χ0v) is 16.4. The Hall–Kier alpha value is -1.90. The van der Waals surface area contributed by atoms with Gasteiger partial charge < -0.3 is 9.64 Å². The number of ether oxygens (including phenoxy) is 1. The number of methoxy groups -OCH3 is 1. The largest absolute Gasteiger partial charge is 0.468 e. The summed E-state index contributed by atoms with van der Waals surface area (Å²) in [6.07, 6.45) is 1.83. The lowest BCUT2D eigenvalue weighted by Crippen LogP contribution is -3.14. The Bertz CT molecular complexity index is 831. The molecular weight excluding hydrogens is 368 g/mol.